The number of carbonyl (C=O) groups excluding carboxylic acids is 1. The Balaban J connectivity index is 2.58. The van der Waals surface area contributed by atoms with E-state index in [1.807, 2.05) is 0 Å². The second kappa shape index (κ2) is 4.25. The fraction of sp³-hybridized carbons (Fsp3) is 0.0909. The number of rotatable bonds is 3. The van der Waals surface area contributed by atoms with Crippen LogP contribution >= 0.6 is 11.6 Å². The minimum atomic E-state index is -3.62. The molecule has 0 saturated heterocycles. The van der Waals surface area contributed by atoms with Crippen molar-refractivity contribution in [2.45, 2.75) is 5.38 Å². The van der Waals surface area contributed by atoms with Gasteiger partial charge >= 0.3 is 5.38 Å². The van der Waals surface area contributed by atoms with Crippen molar-refractivity contribution >= 4 is 17.9 Å². The van der Waals surface area contributed by atoms with E-state index in [-0.39, 0.29) is 5.69 Å². The first-order chi connectivity index (χ1) is 8.00. The fourth-order valence-electron chi connectivity index (χ4n) is 1.34. The Labute approximate surface area is 100 Å². The summed E-state index contributed by atoms with van der Waals surface area (Å²) in [6.07, 6.45) is 1.77. The molecule has 0 bridgehead atoms. The Morgan fingerprint density at radius 2 is 2.18 bits per heavy atom. The van der Waals surface area contributed by atoms with Gasteiger partial charge in [0, 0.05) is 5.56 Å². The smallest absolute Gasteiger partial charge is 0.364 e. The number of pyridine rings is 1. The third kappa shape index (κ3) is 2.50. The summed E-state index contributed by atoms with van der Waals surface area (Å²) >= 11 is 4.88. The van der Waals surface area contributed by atoms with E-state index >= 15 is 0 Å². The highest BCUT2D eigenvalue weighted by atomic mass is 35.5. The Kier molecular flexibility index (Phi) is 2.93. The third-order valence-corrected chi connectivity index (χ3v) is 2.26. The molecule has 0 N–H and O–H groups in total. The number of nitrogens with zero attached hydrogens (tertiary/aromatic N) is 1. The Hall–Kier alpha value is -1.75. The van der Waals surface area contributed by atoms with Gasteiger partial charge in [0.25, 0.3) is 0 Å². The Morgan fingerprint density at radius 1 is 1.41 bits per heavy atom. The number of halogens is 3. The van der Waals surface area contributed by atoms with Crippen LogP contribution in [-0.2, 0) is 5.38 Å². The first-order valence-electron chi connectivity index (χ1n) is 4.59. The molecule has 6 heteroatoms. The second-order valence-corrected chi connectivity index (χ2v) is 3.73. The van der Waals surface area contributed by atoms with Gasteiger partial charge in [-0.2, -0.15) is 8.78 Å². The summed E-state index contributed by atoms with van der Waals surface area (Å²) in [4.78, 5) is 14.1. The highest BCUT2D eigenvalue weighted by molar-refractivity contribution is 6.21. The lowest BCUT2D eigenvalue weighted by Crippen LogP contribution is -2.08. The minimum absolute atomic E-state index is 0.130. The molecule has 0 atom stereocenters. The van der Waals surface area contributed by atoms with Crippen LogP contribution in [-0.4, -0.2) is 11.3 Å². The van der Waals surface area contributed by atoms with Crippen LogP contribution in [0.1, 0.15) is 16.2 Å². The van der Waals surface area contributed by atoms with Gasteiger partial charge in [-0.1, -0.05) is 0 Å². The number of hydrogen-bond donors (Lipinski definition) is 0. The van der Waals surface area contributed by atoms with Crippen molar-refractivity contribution in [1.29, 1.82) is 0 Å². The summed E-state index contributed by atoms with van der Waals surface area (Å²) in [7, 11) is 0. The lowest BCUT2D eigenvalue weighted by atomic mass is 10.1. The molecule has 17 heavy (non-hydrogen) atoms. The Bertz CT molecular complexity index is 535. The molecule has 88 valence electrons. The van der Waals surface area contributed by atoms with Crippen molar-refractivity contribution in [2.75, 3.05) is 0 Å². The molecule has 0 amide bonds. The lowest BCUT2D eigenvalue weighted by molar-refractivity contribution is 0.0896. The van der Waals surface area contributed by atoms with Gasteiger partial charge in [0.05, 0.1) is 6.26 Å². The molecule has 2 rings (SSSR count). The topological polar surface area (TPSA) is 43.1 Å². The maximum absolute atomic E-state index is 12.9. The van der Waals surface area contributed by atoms with E-state index in [0.717, 1.165) is 6.07 Å². The number of aromatic nitrogens is 1. The van der Waals surface area contributed by atoms with Crippen LogP contribution in [0, 0.1) is 0 Å². The molecule has 0 saturated carbocycles. The van der Waals surface area contributed by atoms with Gasteiger partial charge in [-0.3, -0.25) is 4.79 Å². The highest BCUT2D eigenvalue weighted by Crippen LogP contribution is 2.33. The van der Waals surface area contributed by atoms with E-state index in [0.29, 0.717) is 17.6 Å². The summed E-state index contributed by atoms with van der Waals surface area (Å²) in [6.45, 7) is 0. The largest absolute Gasteiger partial charge is 0.464 e. The molecule has 0 aliphatic carbocycles. The number of carbonyl (C=O) groups is 1. The first kappa shape index (κ1) is 11.7. The lowest BCUT2D eigenvalue weighted by Gasteiger charge is -2.09. The van der Waals surface area contributed by atoms with Crippen molar-refractivity contribution in [3.05, 3.63) is 41.9 Å². The van der Waals surface area contributed by atoms with Crippen LogP contribution in [0.4, 0.5) is 8.78 Å². The molecule has 2 aromatic heterocycles. The molecule has 2 aromatic rings. The monoisotopic (exact) mass is 257 g/mol. The van der Waals surface area contributed by atoms with E-state index < -0.39 is 11.1 Å². The SMILES string of the molecule is O=Cc1cc(-c2ccco2)cc(C(F)(F)Cl)n1. The normalized spacial score (nSPS) is 11.5. The zero-order valence-electron chi connectivity index (χ0n) is 8.36. The quantitative estimate of drug-likeness (QED) is 0.625. The van der Waals surface area contributed by atoms with Crippen molar-refractivity contribution in [3.8, 4) is 11.3 Å². The number of aldehydes is 1. The first-order valence-corrected chi connectivity index (χ1v) is 4.97. The van der Waals surface area contributed by atoms with E-state index in [4.69, 9.17) is 16.0 Å². The number of furan rings is 1. The average molecular weight is 258 g/mol. The summed E-state index contributed by atoms with van der Waals surface area (Å²) in [6, 6.07) is 5.62. The zero-order chi connectivity index (χ0) is 12.5. The zero-order valence-corrected chi connectivity index (χ0v) is 9.12. The molecule has 3 nitrogen and oxygen atoms in total. The van der Waals surface area contributed by atoms with Gasteiger partial charge in [-0.05, 0) is 35.9 Å². The Morgan fingerprint density at radius 3 is 2.71 bits per heavy atom. The third-order valence-electron chi connectivity index (χ3n) is 2.06. The van der Waals surface area contributed by atoms with Gasteiger partial charge in [-0.25, -0.2) is 4.98 Å². The number of hydrogen-bond acceptors (Lipinski definition) is 3. The molecule has 0 spiro atoms. The van der Waals surface area contributed by atoms with Crippen LogP contribution in [0.3, 0.4) is 0 Å². The highest BCUT2D eigenvalue weighted by Gasteiger charge is 2.30. The maximum atomic E-state index is 12.9. The van der Waals surface area contributed by atoms with Gasteiger partial charge in [0.15, 0.2) is 6.29 Å². The minimum Gasteiger partial charge on any atom is -0.464 e. The number of alkyl halides is 3. The standard InChI is InChI=1S/C11H6ClF2NO2/c12-11(13,14)10-5-7(4-8(6-16)15-10)9-2-1-3-17-9/h1-6H. The van der Waals surface area contributed by atoms with E-state index in [9.17, 15) is 13.6 Å². The van der Waals surface area contributed by atoms with Crippen molar-refractivity contribution < 1.29 is 18.0 Å². The van der Waals surface area contributed by atoms with Crippen LogP contribution < -0.4 is 0 Å². The molecule has 0 aliphatic heterocycles. The second-order valence-electron chi connectivity index (χ2n) is 3.26. The van der Waals surface area contributed by atoms with E-state index in [2.05, 4.69) is 4.98 Å². The molecule has 0 unspecified atom stereocenters. The van der Waals surface area contributed by atoms with Crippen molar-refractivity contribution in [2.24, 2.45) is 0 Å². The van der Waals surface area contributed by atoms with Crippen LogP contribution in [0.5, 0.6) is 0 Å². The van der Waals surface area contributed by atoms with E-state index in [1.165, 1.54) is 12.3 Å². The van der Waals surface area contributed by atoms with Crippen LogP contribution in [0.15, 0.2) is 34.9 Å². The van der Waals surface area contributed by atoms with Gasteiger partial charge in [-0.15, -0.1) is 0 Å². The molecule has 0 radical (unpaired) electrons. The van der Waals surface area contributed by atoms with Gasteiger partial charge in [0.2, 0.25) is 0 Å². The van der Waals surface area contributed by atoms with Crippen molar-refractivity contribution in [1.82, 2.24) is 4.98 Å². The van der Waals surface area contributed by atoms with Crippen LogP contribution in [0.25, 0.3) is 11.3 Å². The predicted molar refractivity (Wildman–Crippen MR) is 57.1 cm³/mol. The van der Waals surface area contributed by atoms with Gasteiger partial charge < -0.3 is 4.42 Å². The van der Waals surface area contributed by atoms with Crippen molar-refractivity contribution in [3.63, 3.8) is 0 Å². The molecule has 0 fully saturated rings. The summed E-state index contributed by atoms with van der Waals surface area (Å²) in [5, 5.41) is -3.62. The fourth-order valence-corrected chi connectivity index (χ4v) is 1.44. The molecule has 0 aliphatic rings. The van der Waals surface area contributed by atoms with Crippen LogP contribution in [0.2, 0.25) is 0 Å². The maximum Gasteiger partial charge on any atom is 0.364 e. The molecule has 2 heterocycles. The summed E-state index contributed by atoms with van der Waals surface area (Å²) in [5.41, 5.74) is -0.494. The van der Waals surface area contributed by atoms with Gasteiger partial charge in [0.1, 0.15) is 17.1 Å². The summed E-state index contributed by atoms with van der Waals surface area (Å²) in [5.74, 6) is 0.359. The average Bonchev–Trinajstić information content (AvgIpc) is 2.80. The summed E-state index contributed by atoms with van der Waals surface area (Å²) < 4.78 is 31.0. The molecular weight excluding hydrogens is 252 g/mol. The van der Waals surface area contributed by atoms with E-state index in [1.54, 1.807) is 12.1 Å². The predicted octanol–water partition coefficient (Wildman–Crippen LogP) is 3.44. The molecule has 0 aromatic carbocycles. The molecular formula is C11H6ClF2NO2.